The zero-order chi connectivity index (χ0) is 21.0. The number of halogens is 1. The molecule has 0 aliphatic heterocycles. The quantitative estimate of drug-likeness (QED) is 0.660. The molecule has 1 N–H and O–H groups in total. The van der Waals surface area contributed by atoms with Crippen molar-refractivity contribution in [1.82, 2.24) is 9.62 Å². The number of nitrogens with zero attached hydrogens (tertiary/aromatic N) is 1. The largest absolute Gasteiger partial charge is 0.446 e. The van der Waals surface area contributed by atoms with Crippen LogP contribution in [0.1, 0.15) is 24.5 Å². The van der Waals surface area contributed by atoms with Crippen LogP contribution < -0.4 is 5.32 Å². The minimum atomic E-state index is -4.02. The van der Waals surface area contributed by atoms with Crippen molar-refractivity contribution in [3.63, 3.8) is 0 Å². The molecule has 7 nitrogen and oxygen atoms in total. The number of carbonyl (C=O) groups excluding carboxylic acids is 2. The highest BCUT2D eigenvalue weighted by Gasteiger charge is 2.32. The summed E-state index contributed by atoms with van der Waals surface area (Å²) in [6.07, 6.45) is 0.575. The summed E-state index contributed by atoms with van der Waals surface area (Å²) in [5, 5.41) is 2.79. The standard InChI is InChI=1S/C20H21FN2O5S/c1-23(29(26,27)17-11-7-15(21)8-12-17)13-18(24)28-19(14-5-3-2-4-6-14)20(25)22-16-9-10-16/h2-8,11-12,16,19H,9-10,13H2,1H3,(H,22,25)/t19-/m1/s1. The Morgan fingerprint density at radius 3 is 2.34 bits per heavy atom. The number of rotatable bonds is 8. The van der Waals surface area contributed by atoms with Crippen LogP contribution in [0, 0.1) is 5.82 Å². The van der Waals surface area contributed by atoms with E-state index in [1.165, 1.54) is 7.05 Å². The highest BCUT2D eigenvalue weighted by atomic mass is 32.2. The van der Waals surface area contributed by atoms with E-state index in [0.29, 0.717) is 5.56 Å². The van der Waals surface area contributed by atoms with Crippen molar-refractivity contribution in [2.45, 2.75) is 29.9 Å². The number of ether oxygens (including phenoxy) is 1. The number of hydrogen-bond donors (Lipinski definition) is 1. The van der Waals surface area contributed by atoms with Gasteiger partial charge in [0.05, 0.1) is 4.90 Å². The summed E-state index contributed by atoms with van der Waals surface area (Å²) in [5.41, 5.74) is 0.489. The molecule has 0 heterocycles. The van der Waals surface area contributed by atoms with E-state index in [0.717, 1.165) is 41.4 Å². The van der Waals surface area contributed by atoms with E-state index in [2.05, 4.69) is 5.32 Å². The summed E-state index contributed by atoms with van der Waals surface area (Å²) in [6.45, 7) is -0.597. The predicted octanol–water partition coefficient (Wildman–Crippen LogP) is 2.01. The van der Waals surface area contributed by atoms with E-state index < -0.39 is 40.4 Å². The van der Waals surface area contributed by atoms with Crippen molar-refractivity contribution in [3.05, 3.63) is 66.0 Å². The Morgan fingerprint density at radius 2 is 1.76 bits per heavy atom. The molecule has 1 aliphatic carbocycles. The Hall–Kier alpha value is -2.78. The van der Waals surface area contributed by atoms with Gasteiger partial charge >= 0.3 is 5.97 Å². The Balaban J connectivity index is 1.70. The molecule has 0 spiro atoms. The van der Waals surface area contributed by atoms with Gasteiger partial charge in [-0.2, -0.15) is 4.31 Å². The van der Waals surface area contributed by atoms with Crippen LogP contribution in [0.25, 0.3) is 0 Å². The van der Waals surface area contributed by atoms with E-state index in [9.17, 15) is 22.4 Å². The molecule has 1 atom stereocenters. The van der Waals surface area contributed by atoms with Gasteiger partial charge in [-0.25, -0.2) is 12.8 Å². The van der Waals surface area contributed by atoms with Crippen molar-refractivity contribution < 1.29 is 27.1 Å². The lowest BCUT2D eigenvalue weighted by Gasteiger charge is -2.21. The Labute approximate surface area is 168 Å². The Kier molecular flexibility index (Phi) is 6.29. The zero-order valence-electron chi connectivity index (χ0n) is 15.7. The van der Waals surface area contributed by atoms with Gasteiger partial charge in [0.1, 0.15) is 12.4 Å². The van der Waals surface area contributed by atoms with Crippen LogP contribution in [0.15, 0.2) is 59.5 Å². The second-order valence-electron chi connectivity index (χ2n) is 6.78. The highest BCUT2D eigenvalue weighted by Crippen LogP contribution is 2.23. The normalized spacial score (nSPS) is 15.0. The smallest absolute Gasteiger partial charge is 0.322 e. The number of carbonyl (C=O) groups is 2. The van der Waals surface area contributed by atoms with Crippen LogP contribution in [0.4, 0.5) is 4.39 Å². The average Bonchev–Trinajstić information content (AvgIpc) is 3.51. The summed E-state index contributed by atoms with van der Waals surface area (Å²) >= 11 is 0. The SMILES string of the molecule is CN(CC(=O)O[C@@H](C(=O)NC1CC1)c1ccccc1)S(=O)(=O)c1ccc(F)cc1. The van der Waals surface area contributed by atoms with Crippen molar-refractivity contribution in [3.8, 4) is 0 Å². The number of hydrogen-bond acceptors (Lipinski definition) is 5. The van der Waals surface area contributed by atoms with Gasteiger partial charge in [-0.15, -0.1) is 0 Å². The maximum absolute atomic E-state index is 13.0. The molecule has 29 heavy (non-hydrogen) atoms. The van der Waals surface area contributed by atoms with Crippen LogP contribution in [-0.2, 0) is 24.3 Å². The third-order valence-corrected chi connectivity index (χ3v) is 6.20. The molecule has 154 valence electrons. The molecule has 1 saturated carbocycles. The number of nitrogens with one attached hydrogen (secondary N) is 1. The second-order valence-corrected chi connectivity index (χ2v) is 8.82. The topological polar surface area (TPSA) is 92.8 Å². The van der Waals surface area contributed by atoms with Gasteiger partial charge in [0.15, 0.2) is 0 Å². The van der Waals surface area contributed by atoms with Crippen LogP contribution in [0.2, 0.25) is 0 Å². The zero-order valence-corrected chi connectivity index (χ0v) is 16.6. The van der Waals surface area contributed by atoms with Gasteiger partial charge in [0.25, 0.3) is 5.91 Å². The van der Waals surface area contributed by atoms with Crippen molar-refractivity contribution in [2.24, 2.45) is 0 Å². The first-order chi connectivity index (χ1) is 13.8. The first-order valence-corrected chi connectivity index (χ1v) is 10.5. The van der Waals surface area contributed by atoms with Crippen LogP contribution in [0.3, 0.4) is 0 Å². The van der Waals surface area contributed by atoms with Gasteiger partial charge in [-0.1, -0.05) is 30.3 Å². The van der Waals surface area contributed by atoms with Gasteiger partial charge in [0, 0.05) is 18.7 Å². The summed E-state index contributed by atoms with van der Waals surface area (Å²) in [4.78, 5) is 24.8. The number of benzene rings is 2. The lowest BCUT2D eigenvalue weighted by molar-refractivity contribution is -0.156. The first kappa shape index (κ1) is 20.9. The Bertz CT molecular complexity index is 976. The summed E-state index contributed by atoms with van der Waals surface area (Å²) in [7, 11) is -2.81. The molecule has 3 rings (SSSR count). The van der Waals surface area contributed by atoms with E-state index in [1.54, 1.807) is 30.3 Å². The third kappa shape index (κ3) is 5.39. The molecule has 0 unspecified atom stereocenters. The van der Waals surface area contributed by atoms with Crippen LogP contribution >= 0.6 is 0 Å². The number of esters is 1. The minimum Gasteiger partial charge on any atom is -0.446 e. The molecular formula is C20H21FN2O5S. The molecule has 2 aromatic carbocycles. The van der Waals surface area contributed by atoms with Crippen molar-refractivity contribution in [1.29, 1.82) is 0 Å². The fourth-order valence-corrected chi connectivity index (χ4v) is 3.74. The predicted molar refractivity (Wildman–Crippen MR) is 103 cm³/mol. The summed E-state index contributed by atoms with van der Waals surface area (Å²) < 4.78 is 44.2. The molecule has 0 aromatic heterocycles. The fraction of sp³-hybridized carbons (Fsp3) is 0.300. The molecule has 9 heteroatoms. The molecule has 0 radical (unpaired) electrons. The Morgan fingerprint density at radius 1 is 1.14 bits per heavy atom. The highest BCUT2D eigenvalue weighted by molar-refractivity contribution is 7.89. The first-order valence-electron chi connectivity index (χ1n) is 9.04. The van der Waals surface area contributed by atoms with E-state index in [1.807, 2.05) is 0 Å². The van der Waals surface area contributed by atoms with Gasteiger partial charge in [0.2, 0.25) is 16.1 Å². The van der Waals surface area contributed by atoms with Gasteiger partial charge < -0.3 is 10.1 Å². The lowest BCUT2D eigenvalue weighted by atomic mass is 10.1. The van der Waals surface area contributed by atoms with Gasteiger partial charge in [-0.05, 0) is 37.1 Å². The van der Waals surface area contributed by atoms with E-state index in [-0.39, 0.29) is 10.9 Å². The summed E-state index contributed by atoms with van der Waals surface area (Å²) in [6, 6.07) is 12.9. The molecule has 0 saturated heterocycles. The van der Waals surface area contributed by atoms with Crippen molar-refractivity contribution in [2.75, 3.05) is 13.6 Å². The molecule has 0 bridgehead atoms. The van der Waals surface area contributed by atoms with Gasteiger partial charge in [-0.3, -0.25) is 9.59 Å². The van der Waals surface area contributed by atoms with Crippen LogP contribution in [-0.4, -0.2) is 44.2 Å². The van der Waals surface area contributed by atoms with E-state index in [4.69, 9.17) is 4.74 Å². The van der Waals surface area contributed by atoms with Crippen LogP contribution in [0.5, 0.6) is 0 Å². The lowest BCUT2D eigenvalue weighted by Crippen LogP contribution is -2.37. The molecule has 1 amide bonds. The van der Waals surface area contributed by atoms with E-state index >= 15 is 0 Å². The molecule has 1 fully saturated rings. The second kappa shape index (κ2) is 8.71. The molecule has 1 aliphatic rings. The fourth-order valence-electron chi connectivity index (χ4n) is 2.63. The number of sulfonamides is 1. The third-order valence-electron chi connectivity index (χ3n) is 4.39. The number of amides is 1. The average molecular weight is 420 g/mol. The molecular weight excluding hydrogens is 399 g/mol. The minimum absolute atomic E-state index is 0.0777. The molecule has 2 aromatic rings. The summed E-state index contributed by atoms with van der Waals surface area (Å²) in [5.74, 6) is -1.90. The monoisotopic (exact) mass is 420 g/mol. The number of likely N-dealkylation sites (N-methyl/N-ethyl adjacent to an activating group) is 1. The maximum Gasteiger partial charge on any atom is 0.322 e. The maximum atomic E-state index is 13.0. The van der Waals surface area contributed by atoms with Crippen molar-refractivity contribution >= 4 is 21.9 Å².